The van der Waals surface area contributed by atoms with E-state index in [0.717, 1.165) is 16.5 Å². The lowest BCUT2D eigenvalue weighted by atomic mass is 10.1. The Kier molecular flexibility index (Phi) is 6.83. The Balaban J connectivity index is 1.87. The topological polar surface area (TPSA) is 71.8 Å². The van der Waals surface area contributed by atoms with Gasteiger partial charge in [-0.1, -0.05) is 18.1 Å². The number of amides is 1. The van der Waals surface area contributed by atoms with Gasteiger partial charge < -0.3 is 9.15 Å². The zero-order valence-electron chi connectivity index (χ0n) is 16.5. The molecular formula is C23H21FN2O4. The number of halogens is 1. The number of carbonyl (C=O) groups excluding carboxylic acids is 1. The Morgan fingerprint density at radius 2 is 1.97 bits per heavy atom. The van der Waals surface area contributed by atoms with Crippen LogP contribution >= 0.6 is 0 Å². The molecule has 0 aliphatic carbocycles. The summed E-state index contributed by atoms with van der Waals surface area (Å²) in [4.78, 5) is 25.7. The van der Waals surface area contributed by atoms with Crippen LogP contribution in [-0.4, -0.2) is 24.1 Å². The zero-order chi connectivity index (χ0) is 21.5. The average molecular weight is 408 g/mol. The third-order valence-corrected chi connectivity index (χ3v) is 4.38. The van der Waals surface area contributed by atoms with E-state index in [0.29, 0.717) is 30.9 Å². The van der Waals surface area contributed by atoms with Gasteiger partial charge in [-0.3, -0.25) is 10.2 Å². The average Bonchev–Trinajstić information content (AvgIpc) is 2.69. The van der Waals surface area contributed by atoms with Gasteiger partial charge in [-0.2, -0.15) is 0 Å². The normalized spacial score (nSPS) is 10.7. The molecule has 154 valence electrons. The van der Waals surface area contributed by atoms with E-state index in [-0.39, 0.29) is 12.4 Å². The van der Waals surface area contributed by atoms with Gasteiger partial charge in [0.05, 0.1) is 13.2 Å². The van der Waals surface area contributed by atoms with Crippen LogP contribution in [0, 0.1) is 18.2 Å². The van der Waals surface area contributed by atoms with Crippen molar-refractivity contribution in [3.63, 3.8) is 0 Å². The molecule has 0 radical (unpaired) electrons. The summed E-state index contributed by atoms with van der Waals surface area (Å²) in [5.74, 6) is 2.31. The van der Waals surface area contributed by atoms with E-state index < -0.39 is 11.7 Å². The second kappa shape index (κ2) is 9.72. The number of fused-ring (bicyclic) bond motifs is 1. The summed E-state index contributed by atoms with van der Waals surface area (Å²) in [7, 11) is 0. The number of hydrogen-bond acceptors (Lipinski definition) is 5. The number of anilines is 1. The van der Waals surface area contributed by atoms with Gasteiger partial charge in [-0.25, -0.2) is 14.0 Å². The highest BCUT2D eigenvalue weighted by Gasteiger charge is 2.13. The first-order chi connectivity index (χ1) is 14.5. The van der Waals surface area contributed by atoms with Crippen molar-refractivity contribution >= 4 is 22.7 Å². The standard InChI is InChI=1S/C23H21FN2O4/c1-3-11-26(14-16-5-7-18(24)8-6-16)15-17-12-22(27)30-21-13-19(9-10-20(17)21)25-23(28)29-4-2/h1,5-10,12-13H,4,11,14-15H2,2H3,(H,25,28). The molecule has 3 aromatic rings. The van der Waals surface area contributed by atoms with E-state index in [1.807, 2.05) is 4.90 Å². The lowest BCUT2D eigenvalue weighted by molar-refractivity contribution is 0.168. The number of nitrogens with one attached hydrogen (secondary N) is 1. The summed E-state index contributed by atoms with van der Waals surface area (Å²) in [6.45, 7) is 3.20. The van der Waals surface area contributed by atoms with E-state index in [2.05, 4.69) is 11.2 Å². The zero-order valence-corrected chi connectivity index (χ0v) is 16.5. The van der Waals surface area contributed by atoms with Gasteiger partial charge in [0.1, 0.15) is 11.4 Å². The van der Waals surface area contributed by atoms with E-state index in [4.69, 9.17) is 15.6 Å². The molecule has 0 spiro atoms. The Morgan fingerprint density at radius 3 is 2.67 bits per heavy atom. The molecule has 1 aromatic heterocycles. The smallest absolute Gasteiger partial charge is 0.411 e. The maximum Gasteiger partial charge on any atom is 0.411 e. The first-order valence-electron chi connectivity index (χ1n) is 9.39. The molecule has 0 saturated heterocycles. The summed E-state index contributed by atoms with van der Waals surface area (Å²) >= 11 is 0. The third kappa shape index (κ3) is 5.46. The molecule has 30 heavy (non-hydrogen) atoms. The summed E-state index contributed by atoms with van der Waals surface area (Å²) in [6, 6.07) is 12.7. The Morgan fingerprint density at radius 1 is 1.20 bits per heavy atom. The minimum absolute atomic E-state index is 0.248. The second-order valence-electron chi connectivity index (χ2n) is 6.62. The fourth-order valence-electron chi connectivity index (χ4n) is 3.11. The highest BCUT2D eigenvalue weighted by molar-refractivity contribution is 5.89. The predicted molar refractivity (Wildman–Crippen MR) is 112 cm³/mol. The van der Waals surface area contributed by atoms with Gasteiger partial charge in [0.2, 0.25) is 0 Å². The summed E-state index contributed by atoms with van der Waals surface area (Å²) in [6.07, 6.45) is 4.92. The molecule has 1 amide bonds. The summed E-state index contributed by atoms with van der Waals surface area (Å²) < 4.78 is 23.3. The van der Waals surface area contributed by atoms with Gasteiger partial charge in [0.15, 0.2) is 0 Å². The molecule has 1 heterocycles. The molecule has 1 N–H and O–H groups in total. The van der Waals surface area contributed by atoms with Crippen LogP contribution in [0.25, 0.3) is 11.0 Å². The third-order valence-electron chi connectivity index (χ3n) is 4.38. The monoisotopic (exact) mass is 408 g/mol. The molecule has 0 saturated carbocycles. The molecule has 0 bridgehead atoms. The molecule has 0 unspecified atom stereocenters. The Labute approximate surface area is 173 Å². The molecule has 6 nitrogen and oxygen atoms in total. The predicted octanol–water partition coefficient (Wildman–Crippen LogP) is 4.14. The van der Waals surface area contributed by atoms with Crippen molar-refractivity contribution < 1.29 is 18.3 Å². The molecule has 0 aliphatic heterocycles. The molecule has 2 aromatic carbocycles. The highest BCUT2D eigenvalue weighted by Crippen LogP contribution is 2.23. The van der Waals surface area contributed by atoms with Crippen LogP contribution in [0.3, 0.4) is 0 Å². The van der Waals surface area contributed by atoms with Gasteiger partial charge >= 0.3 is 11.7 Å². The van der Waals surface area contributed by atoms with Gasteiger partial charge in [-0.15, -0.1) is 6.42 Å². The van der Waals surface area contributed by atoms with Crippen LogP contribution in [0.5, 0.6) is 0 Å². The van der Waals surface area contributed by atoms with Crippen molar-refractivity contribution in [1.82, 2.24) is 4.90 Å². The van der Waals surface area contributed by atoms with Gasteiger partial charge in [0.25, 0.3) is 0 Å². The first kappa shape index (κ1) is 21.1. The minimum atomic E-state index is -0.588. The fraction of sp³-hybridized carbons (Fsp3) is 0.217. The largest absolute Gasteiger partial charge is 0.450 e. The summed E-state index contributed by atoms with van der Waals surface area (Å²) in [5, 5.41) is 3.31. The number of hydrogen-bond donors (Lipinski definition) is 1. The van der Waals surface area contributed by atoms with Crippen molar-refractivity contribution in [3.8, 4) is 12.3 Å². The number of rotatable bonds is 7. The van der Waals surface area contributed by atoms with Crippen molar-refractivity contribution in [3.05, 3.63) is 75.9 Å². The maximum atomic E-state index is 13.2. The number of terminal acetylenes is 1. The quantitative estimate of drug-likeness (QED) is 0.470. The Hall–Kier alpha value is -3.63. The van der Waals surface area contributed by atoms with Crippen molar-refractivity contribution in [2.24, 2.45) is 0 Å². The van der Waals surface area contributed by atoms with Crippen LogP contribution in [0.4, 0.5) is 14.9 Å². The summed E-state index contributed by atoms with van der Waals surface area (Å²) in [5.41, 5.74) is 1.93. The molecular weight excluding hydrogens is 387 g/mol. The number of ether oxygens (including phenoxy) is 1. The number of benzene rings is 2. The lowest BCUT2D eigenvalue weighted by Crippen LogP contribution is -2.24. The van der Waals surface area contributed by atoms with Crippen LogP contribution < -0.4 is 10.9 Å². The number of carbonyl (C=O) groups is 1. The number of nitrogens with zero attached hydrogens (tertiary/aromatic N) is 1. The van der Waals surface area contributed by atoms with Crippen molar-refractivity contribution in [1.29, 1.82) is 0 Å². The molecule has 0 aliphatic rings. The van der Waals surface area contributed by atoms with Crippen LogP contribution in [0.1, 0.15) is 18.1 Å². The second-order valence-corrected chi connectivity index (χ2v) is 6.62. The fourth-order valence-corrected chi connectivity index (χ4v) is 3.11. The van der Waals surface area contributed by atoms with E-state index in [1.54, 1.807) is 37.3 Å². The molecule has 0 fully saturated rings. The molecule has 0 atom stereocenters. The molecule has 3 rings (SSSR count). The van der Waals surface area contributed by atoms with Crippen molar-refractivity contribution in [2.75, 3.05) is 18.5 Å². The SMILES string of the molecule is C#CCN(Cc1ccc(F)cc1)Cc1cc(=O)oc2cc(NC(=O)OCC)ccc12. The van der Waals surface area contributed by atoms with Crippen LogP contribution in [0.15, 0.2) is 57.7 Å². The van der Waals surface area contributed by atoms with Crippen LogP contribution in [-0.2, 0) is 17.8 Å². The molecule has 7 heteroatoms. The first-order valence-corrected chi connectivity index (χ1v) is 9.39. The minimum Gasteiger partial charge on any atom is -0.450 e. The van der Waals surface area contributed by atoms with Gasteiger partial charge in [0, 0.05) is 36.3 Å². The van der Waals surface area contributed by atoms with Crippen molar-refractivity contribution in [2.45, 2.75) is 20.0 Å². The van der Waals surface area contributed by atoms with E-state index >= 15 is 0 Å². The van der Waals surface area contributed by atoms with Gasteiger partial charge in [-0.05, 0) is 42.3 Å². The van der Waals surface area contributed by atoms with E-state index in [1.165, 1.54) is 18.2 Å². The van der Waals surface area contributed by atoms with Crippen LogP contribution in [0.2, 0.25) is 0 Å². The maximum absolute atomic E-state index is 13.2. The lowest BCUT2D eigenvalue weighted by Gasteiger charge is -2.20. The van der Waals surface area contributed by atoms with E-state index in [9.17, 15) is 14.0 Å². The highest BCUT2D eigenvalue weighted by atomic mass is 19.1. The Bertz CT molecular complexity index is 1130.